The summed E-state index contributed by atoms with van der Waals surface area (Å²) in [5.74, 6) is 8.13. The van der Waals surface area contributed by atoms with Crippen LogP contribution in [0.1, 0.15) is 99.8 Å². The highest BCUT2D eigenvalue weighted by Gasteiger charge is 2.21. The normalized spacial score (nSPS) is 18.0. The first-order chi connectivity index (χ1) is 17.2. The minimum absolute atomic E-state index is 0.0999. The van der Waals surface area contributed by atoms with E-state index in [1.807, 2.05) is 43.3 Å². The minimum atomic E-state index is -0.0999. The third kappa shape index (κ3) is 6.85. The van der Waals surface area contributed by atoms with Crippen LogP contribution in [0.25, 0.3) is 10.8 Å². The molecule has 0 saturated heterocycles. The zero-order chi connectivity index (χ0) is 24.5. The lowest BCUT2D eigenvalue weighted by Gasteiger charge is -2.29. The van der Waals surface area contributed by atoms with Crippen LogP contribution < -0.4 is 0 Å². The standard InChI is InChI=1S/C34H39F/c1-3-5-7-9-26-13-18-29(19-14-26)30-20-15-27(16-21-30)11-12-28-17-24-33-32(25-28)23-22-31(34(33)35)10-8-6-4-2/h4,6,15-17,20-26,29H,3,5,7-10,13-14,18-19H2,1-2H3/b6-4+. The second kappa shape index (κ2) is 12.7. The number of allylic oxidation sites excluding steroid dienone is 2. The molecule has 1 saturated carbocycles. The Morgan fingerprint density at radius 2 is 1.63 bits per heavy atom. The van der Waals surface area contributed by atoms with Gasteiger partial charge in [0.2, 0.25) is 0 Å². The Bertz CT molecular complexity index is 1180. The molecule has 3 aromatic rings. The second-order valence-corrected chi connectivity index (χ2v) is 10.2. The summed E-state index contributed by atoms with van der Waals surface area (Å²) in [5, 5.41) is 1.59. The van der Waals surface area contributed by atoms with Crippen LogP contribution in [0.15, 0.2) is 66.7 Å². The molecule has 4 rings (SSSR count). The first kappa shape index (κ1) is 25.2. The van der Waals surface area contributed by atoms with Crippen molar-refractivity contribution in [1.82, 2.24) is 0 Å². The Morgan fingerprint density at radius 3 is 2.37 bits per heavy atom. The topological polar surface area (TPSA) is 0 Å². The van der Waals surface area contributed by atoms with Crippen molar-refractivity contribution in [3.8, 4) is 11.8 Å². The molecule has 0 spiro atoms. The van der Waals surface area contributed by atoms with Crippen molar-refractivity contribution >= 4 is 10.8 Å². The summed E-state index contributed by atoms with van der Waals surface area (Å²) in [7, 11) is 0. The lowest BCUT2D eigenvalue weighted by molar-refractivity contribution is 0.303. The zero-order valence-electron chi connectivity index (χ0n) is 21.5. The van der Waals surface area contributed by atoms with E-state index in [4.69, 9.17) is 0 Å². The van der Waals surface area contributed by atoms with Gasteiger partial charge in [0.05, 0.1) is 0 Å². The summed E-state index contributed by atoms with van der Waals surface area (Å²) < 4.78 is 14.9. The van der Waals surface area contributed by atoms with E-state index < -0.39 is 0 Å². The SMILES string of the molecule is C/C=C/CCc1ccc2cc(C#Cc3ccc(C4CCC(CCCCC)CC4)cc3)ccc2c1F. The number of unbranched alkanes of at least 4 members (excludes halogenated alkanes) is 2. The smallest absolute Gasteiger partial charge is 0.134 e. The van der Waals surface area contributed by atoms with Gasteiger partial charge in [0.15, 0.2) is 0 Å². The predicted octanol–water partition coefficient (Wildman–Crippen LogP) is 9.74. The molecule has 1 heteroatoms. The zero-order valence-corrected chi connectivity index (χ0v) is 21.5. The summed E-state index contributed by atoms with van der Waals surface area (Å²) in [5.41, 5.74) is 4.20. The monoisotopic (exact) mass is 466 g/mol. The van der Waals surface area contributed by atoms with Crippen LogP contribution in [0.5, 0.6) is 0 Å². The molecule has 3 aromatic carbocycles. The Morgan fingerprint density at radius 1 is 0.886 bits per heavy atom. The Labute approximate surface area is 211 Å². The third-order valence-corrected chi connectivity index (χ3v) is 7.65. The van der Waals surface area contributed by atoms with Gasteiger partial charge >= 0.3 is 0 Å². The molecule has 0 amide bonds. The Balaban J connectivity index is 1.37. The van der Waals surface area contributed by atoms with Gasteiger partial charge in [-0.15, -0.1) is 0 Å². The average molecular weight is 467 g/mol. The van der Waals surface area contributed by atoms with Gasteiger partial charge in [-0.05, 0) is 98.1 Å². The van der Waals surface area contributed by atoms with E-state index in [1.165, 1.54) is 56.9 Å². The van der Waals surface area contributed by atoms with Gasteiger partial charge in [-0.2, -0.15) is 0 Å². The molecule has 0 heterocycles. The first-order valence-corrected chi connectivity index (χ1v) is 13.6. The maximum Gasteiger partial charge on any atom is 0.134 e. The van der Waals surface area contributed by atoms with Crippen LogP contribution in [0.3, 0.4) is 0 Å². The van der Waals surface area contributed by atoms with Gasteiger partial charge in [-0.3, -0.25) is 0 Å². The van der Waals surface area contributed by atoms with Crippen LogP contribution in [-0.2, 0) is 6.42 Å². The van der Waals surface area contributed by atoms with Crippen molar-refractivity contribution in [3.63, 3.8) is 0 Å². The predicted molar refractivity (Wildman–Crippen MR) is 148 cm³/mol. The molecule has 1 aliphatic rings. The van der Waals surface area contributed by atoms with E-state index in [9.17, 15) is 4.39 Å². The van der Waals surface area contributed by atoms with Crippen molar-refractivity contribution in [1.29, 1.82) is 0 Å². The van der Waals surface area contributed by atoms with Crippen LogP contribution in [0, 0.1) is 23.6 Å². The number of hydrogen-bond donors (Lipinski definition) is 0. The molecule has 0 N–H and O–H groups in total. The number of rotatable bonds is 8. The lowest BCUT2D eigenvalue weighted by atomic mass is 9.77. The fourth-order valence-electron chi connectivity index (χ4n) is 5.46. The van der Waals surface area contributed by atoms with Gasteiger partial charge in [-0.25, -0.2) is 4.39 Å². The van der Waals surface area contributed by atoms with Crippen molar-refractivity contribution in [2.75, 3.05) is 0 Å². The van der Waals surface area contributed by atoms with Gasteiger partial charge in [0.25, 0.3) is 0 Å². The minimum Gasteiger partial charge on any atom is -0.206 e. The molecule has 0 aromatic heterocycles. The summed E-state index contributed by atoms with van der Waals surface area (Å²) in [6.45, 7) is 4.28. The summed E-state index contributed by atoms with van der Waals surface area (Å²) in [6.07, 6.45) is 16.6. The van der Waals surface area contributed by atoms with Gasteiger partial charge in [0.1, 0.15) is 5.82 Å². The molecule has 1 aliphatic carbocycles. The largest absolute Gasteiger partial charge is 0.206 e. The van der Waals surface area contributed by atoms with Gasteiger partial charge in [0, 0.05) is 16.5 Å². The molecule has 0 bridgehead atoms. The molecule has 0 atom stereocenters. The van der Waals surface area contributed by atoms with E-state index in [1.54, 1.807) is 0 Å². The van der Waals surface area contributed by atoms with Crippen molar-refractivity contribution in [2.24, 2.45) is 5.92 Å². The fourth-order valence-corrected chi connectivity index (χ4v) is 5.46. The van der Waals surface area contributed by atoms with Crippen LogP contribution >= 0.6 is 0 Å². The maximum absolute atomic E-state index is 14.9. The molecule has 0 nitrogen and oxygen atoms in total. The second-order valence-electron chi connectivity index (χ2n) is 10.2. The number of halogens is 1. The Hall–Kier alpha value is -2.85. The highest BCUT2D eigenvalue weighted by molar-refractivity contribution is 5.85. The molecule has 0 aliphatic heterocycles. The van der Waals surface area contributed by atoms with Crippen LogP contribution in [0.2, 0.25) is 0 Å². The number of aryl methyl sites for hydroxylation is 1. The number of fused-ring (bicyclic) bond motifs is 1. The average Bonchev–Trinajstić information content (AvgIpc) is 2.90. The summed E-state index contributed by atoms with van der Waals surface area (Å²) in [6, 6.07) is 18.6. The molecule has 0 radical (unpaired) electrons. The number of benzene rings is 3. The van der Waals surface area contributed by atoms with Crippen LogP contribution in [0.4, 0.5) is 4.39 Å². The molecular weight excluding hydrogens is 427 g/mol. The van der Waals surface area contributed by atoms with E-state index in [-0.39, 0.29) is 5.82 Å². The van der Waals surface area contributed by atoms with E-state index in [0.717, 1.165) is 40.8 Å². The molecule has 35 heavy (non-hydrogen) atoms. The van der Waals surface area contributed by atoms with Crippen LogP contribution in [-0.4, -0.2) is 0 Å². The van der Waals surface area contributed by atoms with E-state index in [0.29, 0.717) is 11.3 Å². The number of hydrogen-bond acceptors (Lipinski definition) is 0. The first-order valence-electron chi connectivity index (χ1n) is 13.6. The van der Waals surface area contributed by atoms with E-state index in [2.05, 4.69) is 49.1 Å². The molecule has 182 valence electrons. The van der Waals surface area contributed by atoms with E-state index >= 15 is 0 Å². The third-order valence-electron chi connectivity index (χ3n) is 7.65. The molecule has 0 unspecified atom stereocenters. The molecular formula is C34H39F. The van der Waals surface area contributed by atoms with Gasteiger partial charge < -0.3 is 0 Å². The summed E-state index contributed by atoms with van der Waals surface area (Å²) in [4.78, 5) is 0. The lowest BCUT2D eigenvalue weighted by Crippen LogP contribution is -2.13. The molecule has 1 fully saturated rings. The quantitative estimate of drug-likeness (QED) is 0.176. The van der Waals surface area contributed by atoms with Crippen molar-refractivity contribution < 1.29 is 4.39 Å². The maximum atomic E-state index is 14.9. The highest BCUT2D eigenvalue weighted by Crippen LogP contribution is 2.37. The van der Waals surface area contributed by atoms with Crippen molar-refractivity contribution in [3.05, 3.63) is 94.8 Å². The van der Waals surface area contributed by atoms with Crippen molar-refractivity contribution in [2.45, 2.75) is 84.0 Å². The Kier molecular flexibility index (Phi) is 9.19. The summed E-state index contributed by atoms with van der Waals surface area (Å²) >= 11 is 0. The van der Waals surface area contributed by atoms with Gasteiger partial charge in [-0.1, -0.05) is 86.9 Å². The fraction of sp³-hybridized carbons (Fsp3) is 0.412. The highest BCUT2D eigenvalue weighted by atomic mass is 19.1.